The molecule has 0 bridgehead atoms. The van der Waals surface area contributed by atoms with Crippen LogP contribution < -0.4 is 4.74 Å². The van der Waals surface area contributed by atoms with Gasteiger partial charge in [0.1, 0.15) is 18.5 Å². The maximum atomic E-state index is 9.99. The lowest BCUT2D eigenvalue weighted by atomic mass is 10.2. The van der Waals surface area contributed by atoms with Crippen molar-refractivity contribution in [2.75, 3.05) is 26.3 Å². The van der Waals surface area contributed by atoms with E-state index in [4.69, 9.17) is 4.74 Å². The third-order valence-electron chi connectivity index (χ3n) is 3.62. The average Bonchev–Trinajstić information content (AvgIpc) is 2.85. The number of aryl methyl sites for hydroxylation is 1. The highest BCUT2D eigenvalue weighted by Crippen LogP contribution is 2.17. The van der Waals surface area contributed by atoms with Crippen LogP contribution in [0.5, 0.6) is 5.75 Å². The second-order valence-electron chi connectivity index (χ2n) is 5.25. The van der Waals surface area contributed by atoms with Crippen LogP contribution in [-0.2, 0) is 0 Å². The van der Waals surface area contributed by atoms with Crippen molar-refractivity contribution in [3.63, 3.8) is 0 Å². The molecule has 1 aliphatic heterocycles. The quantitative estimate of drug-likeness (QED) is 0.811. The lowest BCUT2D eigenvalue weighted by molar-refractivity contribution is 0.0532. The van der Waals surface area contributed by atoms with Crippen LogP contribution in [0.1, 0.15) is 18.4 Å². The zero-order chi connectivity index (χ0) is 13.7. The van der Waals surface area contributed by atoms with Gasteiger partial charge in [-0.25, -0.2) is 0 Å². The lowest BCUT2D eigenvalue weighted by Gasteiger charge is -2.25. The summed E-state index contributed by atoms with van der Waals surface area (Å²) in [4.78, 5) is 2.14. The van der Waals surface area contributed by atoms with Crippen LogP contribution >= 0.6 is 0 Å². The standard InChI is InChI=1S/C15H23NO3/c1-12-4-6-15(7-5-12)19-11-14(18)9-16-8-2-3-13(16)10-17/h4-7,13-14,17-18H,2-3,8-11H2,1H3/t13-,14?/m1/s1. The Balaban J connectivity index is 1.75. The fourth-order valence-corrected chi connectivity index (χ4v) is 2.49. The highest BCUT2D eigenvalue weighted by Gasteiger charge is 2.25. The number of rotatable bonds is 6. The van der Waals surface area contributed by atoms with E-state index in [1.54, 1.807) is 0 Å². The number of aliphatic hydroxyl groups is 2. The van der Waals surface area contributed by atoms with Crippen molar-refractivity contribution in [2.45, 2.75) is 31.9 Å². The zero-order valence-electron chi connectivity index (χ0n) is 11.5. The first kappa shape index (κ1) is 14.3. The Morgan fingerprint density at radius 1 is 1.37 bits per heavy atom. The van der Waals surface area contributed by atoms with Gasteiger partial charge >= 0.3 is 0 Å². The fraction of sp³-hybridized carbons (Fsp3) is 0.600. The van der Waals surface area contributed by atoms with Gasteiger partial charge in [0.25, 0.3) is 0 Å². The van der Waals surface area contributed by atoms with Gasteiger partial charge in [0, 0.05) is 12.6 Å². The molecule has 106 valence electrons. The first-order valence-electron chi connectivity index (χ1n) is 6.91. The molecule has 1 aromatic carbocycles. The maximum absolute atomic E-state index is 9.99. The Labute approximate surface area is 114 Å². The van der Waals surface area contributed by atoms with E-state index in [-0.39, 0.29) is 19.3 Å². The van der Waals surface area contributed by atoms with Gasteiger partial charge in [0.2, 0.25) is 0 Å². The summed E-state index contributed by atoms with van der Waals surface area (Å²) in [5, 5.41) is 19.2. The molecule has 1 aliphatic rings. The summed E-state index contributed by atoms with van der Waals surface area (Å²) >= 11 is 0. The highest BCUT2D eigenvalue weighted by atomic mass is 16.5. The van der Waals surface area contributed by atoms with E-state index in [9.17, 15) is 10.2 Å². The first-order chi connectivity index (χ1) is 9.19. The molecule has 0 aromatic heterocycles. The molecule has 4 nitrogen and oxygen atoms in total. The molecule has 0 aliphatic carbocycles. The Hall–Kier alpha value is -1.10. The average molecular weight is 265 g/mol. The van der Waals surface area contributed by atoms with Gasteiger partial charge in [-0.15, -0.1) is 0 Å². The van der Waals surface area contributed by atoms with Crippen LogP contribution in [0.25, 0.3) is 0 Å². The van der Waals surface area contributed by atoms with Gasteiger partial charge in [0.05, 0.1) is 6.61 Å². The molecule has 2 N–H and O–H groups in total. The van der Waals surface area contributed by atoms with Gasteiger partial charge in [-0.05, 0) is 38.4 Å². The molecule has 0 saturated carbocycles. The molecule has 1 fully saturated rings. The zero-order valence-corrected chi connectivity index (χ0v) is 11.5. The van der Waals surface area contributed by atoms with Crippen molar-refractivity contribution in [2.24, 2.45) is 0 Å². The molecule has 2 rings (SSSR count). The minimum atomic E-state index is -0.520. The van der Waals surface area contributed by atoms with E-state index in [0.717, 1.165) is 25.1 Å². The van der Waals surface area contributed by atoms with E-state index in [0.29, 0.717) is 6.54 Å². The monoisotopic (exact) mass is 265 g/mol. The van der Waals surface area contributed by atoms with E-state index in [1.165, 1.54) is 5.56 Å². The normalized spacial score (nSPS) is 21.5. The molecule has 1 unspecified atom stereocenters. The van der Waals surface area contributed by atoms with Crippen molar-refractivity contribution >= 4 is 0 Å². The third kappa shape index (κ3) is 4.20. The maximum Gasteiger partial charge on any atom is 0.119 e. The number of β-amino-alcohol motifs (C(OH)–C–C–N with tert-alkyl or cyclic N) is 1. The molecule has 1 heterocycles. The molecule has 0 radical (unpaired) electrons. The summed E-state index contributed by atoms with van der Waals surface area (Å²) in [6.45, 7) is 4.01. The predicted molar refractivity (Wildman–Crippen MR) is 74.4 cm³/mol. The predicted octanol–water partition coefficient (Wildman–Crippen LogP) is 1.19. The number of hydrogen-bond acceptors (Lipinski definition) is 4. The Kier molecular flexibility index (Phi) is 5.19. The first-order valence-corrected chi connectivity index (χ1v) is 6.91. The van der Waals surface area contributed by atoms with Gasteiger partial charge < -0.3 is 14.9 Å². The smallest absolute Gasteiger partial charge is 0.119 e. The van der Waals surface area contributed by atoms with Gasteiger partial charge in [0.15, 0.2) is 0 Å². The number of nitrogens with zero attached hydrogens (tertiary/aromatic N) is 1. The largest absolute Gasteiger partial charge is 0.491 e. The van der Waals surface area contributed by atoms with E-state index >= 15 is 0 Å². The van der Waals surface area contributed by atoms with Crippen molar-refractivity contribution < 1.29 is 14.9 Å². The molecule has 4 heteroatoms. The van der Waals surface area contributed by atoms with Gasteiger partial charge in [-0.2, -0.15) is 0 Å². The number of benzene rings is 1. The molecule has 2 atom stereocenters. The van der Waals surface area contributed by atoms with Crippen molar-refractivity contribution in [3.05, 3.63) is 29.8 Å². The molecule has 0 amide bonds. The number of ether oxygens (including phenoxy) is 1. The third-order valence-corrected chi connectivity index (χ3v) is 3.62. The van der Waals surface area contributed by atoms with Crippen LogP contribution in [0.2, 0.25) is 0 Å². The Morgan fingerprint density at radius 2 is 2.11 bits per heavy atom. The SMILES string of the molecule is Cc1ccc(OCC(O)CN2CCC[C@@H]2CO)cc1. The van der Waals surface area contributed by atoms with Gasteiger partial charge in [-0.3, -0.25) is 4.90 Å². The summed E-state index contributed by atoms with van der Waals surface area (Å²) in [5.74, 6) is 0.782. The minimum Gasteiger partial charge on any atom is -0.491 e. The molecular formula is C15H23NO3. The van der Waals surface area contributed by atoms with Crippen molar-refractivity contribution in [3.8, 4) is 5.75 Å². The van der Waals surface area contributed by atoms with Crippen LogP contribution in [0.3, 0.4) is 0 Å². The second-order valence-corrected chi connectivity index (χ2v) is 5.25. The summed E-state index contributed by atoms with van der Waals surface area (Å²) in [5.41, 5.74) is 1.19. The second kappa shape index (κ2) is 6.89. The Morgan fingerprint density at radius 3 is 2.79 bits per heavy atom. The summed E-state index contributed by atoms with van der Waals surface area (Å²) in [6, 6.07) is 8.01. The van der Waals surface area contributed by atoms with E-state index in [1.807, 2.05) is 31.2 Å². The summed E-state index contributed by atoms with van der Waals surface area (Å²) < 4.78 is 5.56. The van der Waals surface area contributed by atoms with Crippen LogP contribution in [0, 0.1) is 6.92 Å². The van der Waals surface area contributed by atoms with Crippen LogP contribution in [-0.4, -0.2) is 53.6 Å². The molecule has 19 heavy (non-hydrogen) atoms. The molecular weight excluding hydrogens is 242 g/mol. The fourth-order valence-electron chi connectivity index (χ4n) is 2.49. The summed E-state index contributed by atoms with van der Waals surface area (Å²) in [6.07, 6.45) is 1.59. The van der Waals surface area contributed by atoms with Gasteiger partial charge in [-0.1, -0.05) is 17.7 Å². The Bertz CT molecular complexity index is 379. The number of hydrogen-bond donors (Lipinski definition) is 2. The highest BCUT2D eigenvalue weighted by molar-refractivity contribution is 5.26. The van der Waals surface area contributed by atoms with E-state index < -0.39 is 6.10 Å². The van der Waals surface area contributed by atoms with Crippen LogP contribution in [0.15, 0.2) is 24.3 Å². The number of likely N-dealkylation sites (tertiary alicyclic amines) is 1. The lowest BCUT2D eigenvalue weighted by Crippen LogP contribution is -2.40. The van der Waals surface area contributed by atoms with Crippen molar-refractivity contribution in [1.82, 2.24) is 4.90 Å². The molecule has 0 spiro atoms. The van der Waals surface area contributed by atoms with Crippen molar-refractivity contribution in [1.29, 1.82) is 0 Å². The number of aliphatic hydroxyl groups excluding tert-OH is 2. The summed E-state index contributed by atoms with van der Waals surface area (Å²) in [7, 11) is 0. The minimum absolute atomic E-state index is 0.172. The molecule has 1 saturated heterocycles. The molecule has 1 aromatic rings. The topological polar surface area (TPSA) is 52.9 Å². The van der Waals surface area contributed by atoms with Crippen LogP contribution in [0.4, 0.5) is 0 Å². The van der Waals surface area contributed by atoms with E-state index in [2.05, 4.69) is 4.90 Å².